The predicted molar refractivity (Wildman–Crippen MR) is 78.1 cm³/mol. The molecule has 0 amide bonds. The van der Waals surface area contributed by atoms with E-state index >= 15 is 0 Å². The van der Waals surface area contributed by atoms with E-state index in [1.807, 2.05) is 26.0 Å². The molecular weight excluding hydrogens is 306 g/mol. The molecule has 98 valence electrons. The zero-order valence-electron chi connectivity index (χ0n) is 10.7. The summed E-state index contributed by atoms with van der Waals surface area (Å²) in [7, 11) is 0. The second kappa shape index (κ2) is 6.81. The topological polar surface area (TPSA) is 64.2 Å². The van der Waals surface area contributed by atoms with Crippen LogP contribution in [0.3, 0.4) is 0 Å². The van der Waals surface area contributed by atoms with E-state index < -0.39 is 0 Å². The molecule has 0 radical (unpaired) electrons. The zero-order valence-corrected chi connectivity index (χ0v) is 12.3. The van der Waals surface area contributed by atoms with Crippen LogP contribution in [-0.2, 0) is 0 Å². The van der Waals surface area contributed by atoms with Gasteiger partial charge >= 0.3 is 0 Å². The van der Waals surface area contributed by atoms with Gasteiger partial charge in [0, 0.05) is 4.47 Å². The van der Waals surface area contributed by atoms with E-state index in [-0.39, 0.29) is 5.75 Å². The third-order valence-electron chi connectivity index (χ3n) is 2.22. The van der Waals surface area contributed by atoms with Crippen LogP contribution in [0.5, 0.6) is 11.5 Å². The van der Waals surface area contributed by atoms with Crippen molar-refractivity contribution in [2.45, 2.75) is 13.8 Å². The Bertz CT molecular complexity index is 547. The van der Waals surface area contributed by atoms with Gasteiger partial charge in [0.1, 0.15) is 11.5 Å². The Morgan fingerprint density at radius 3 is 1.84 bits per heavy atom. The number of phenols is 2. The van der Waals surface area contributed by atoms with Gasteiger partial charge in [0.05, 0.1) is 11.6 Å². The molecule has 0 saturated carbocycles. The van der Waals surface area contributed by atoms with Crippen LogP contribution < -0.4 is 0 Å². The minimum Gasteiger partial charge on any atom is -0.508 e. The summed E-state index contributed by atoms with van der Waals surface area (Å²) in [5.74, 6) is 0.457. The molecule has 0 saturated heterocycles. The summed E-state index contributed by atoms with van der Waals surface area (Å²) in [4.78, 5) is 0. The highest BCUT2D eigenvalue weighted by molar-refractivity contribution is 9.10. The van der Waals surface area contributed by atoms with Crippen molar-refractivity contribution in [3.63, 3.8) is 0 Å². The van der Waals surface area contributed by atoms with E-state index in [1.54, 1.807) is 24.3 Å². The number of hydrogen-bond acceptors (Lipinski definition) is 3. The summed E-state index contributed by atoms with van der Waals surface area (Å²) in [5.41, 5.74) is 2.45. The third-order valence-corrected chi connectivity index (χ3v) is 2.68. The van der Waals surface area contributed by atoms with Crippen molar-refractivity contribution in [3.8, 4) is 17.6 Å². The minimum absolute atomic E-state index is 0.150. The lowest BCUT2D eigenvalue weighted by molar-refractivity contribution is 0.474. The molecule has 0 aliphatic carbocycles. The summed E-state index contributed by atoms with van der Waals surface area (Å²) in [5, 5.41) is 26.4. The van der Waals surface area contributed by atoms with Gasteiger partial charge in [0.15, 0.2) is 0 Å². The Balaban J connectivity index is 0.000000191. The van der Waals surface area contributed by atoms with Crippen LogP contribution in [0.15, 0.2) is 40.9 Å². The number of aryl methyl sites for hydroxylation is 2. The Morgan fingerprint density at radius 1 is 0.895 bits per heavy atom. The molecule has 0 spiro atoms. The molecule has 0 unspecified atom stereocenters. The fraction of sp³-hybridized carbons (Fsp3) is 0.133. The molecule has 2 aromatic rings. The summed E-state index contributed by atoms with van der Waals surface area (Å²) >= 11 is 3.25. The minimum atomic E-state index is 0.150. The van der Waals surface area contributed by atoms with Crippen molar-refractivity contribution in [1.82, 2.24) is 0 Å². The molecule has 2 N–H and O–H groups in total. The van der Waals surface area contributed by atoms with Gasteiger partial charge in [0.25, 0.3) is 0 Å². The van der Waals surface area contributed by atoms with E-state index in [0.29, 0.717) is 11.3 Å². The van der Waals surface area contributed by atoms with Gasteiger partial charge in [-0.3, -0.25) is 0 Å². The normalized spacial score (nSPS) is 9.16. The summed E-state index contributed by atoms with van der Waals surface area (Å²) in [6.07, 6.45) is 0. The van der Waals surface area contributed by atoms with Crippen LogP contribution in [-0.4, -0.2) is 10.2 Å². The number of nitriles is 1. The number of aromatic hydroxyl groups is 2. The maximum atomic E-state index is 8.97. The number of hydrogen-bond donors (Lipinski definition) is 2. The Hall–Kier alpha value is -1.99. The maximum absolute atomic E-state index is 8.97. The molecular formula is C15H14BrNO2. The largest absolute Gasteiger partial charge is 0.508 e. The molecule has 0 atom stereocenters. The zero-order chi connectivity index (χ0) is 14.4. The fourth-order valence-corrected chi connectivity index (χ4v) is 2.14. The molecule has 4 heteroatoms. The highest BCUT2D eigenvalue weighted by Crippen LogP contribution is 2.19. The number of halogens is 1. The molecule has 0 aliphatic heterocycles. The first-order chi connectivity index (χ1) is 8.90. The Morgan fingerprint density at radius 2 is 1.42 bits per heavy atom. The molecule has 2 aromatic carbocycles. The van der Waals surface area contributed by atoms with Gasteiger partial charge < -0.3 is 10.2 Å². The first-order valence-corrected chi connectivity index (χ1v) is 6.37. The smallest absolute Gasteiger partial charge is 0.117 e. The van der Waals surface area contributed by atoms with E-state index in [9.17, 15) is 0 Å². The van der Waals surface area contributed by atoms with E-state index in [2.05, 4.69) is 15.9 Å². The lowest BCUT2D eigenvalue weighted by Gasteiger charge is -1.94. The van der Waals surface area contributed by atoms with Crippen LogP contribution in [0, 0.1) is 25.2 Å². The van der Waals surface area contributed by atoms with Gasteiger partial charge in [-0.2, -0.15) is 5.26 Å². The quantitative estimate of drug-likeness (QED) is 0.770. The van der Waals surface area contributed by atoms with Crippen molar-refractivity contribution in [2.24, 2.45) is 0 Å². The number of benzene rings is 2. The van der Waals surface area contributed by atoms with Crippen molar-refractivity contribution < 1.29 is 10.2 Å². The first-order valence-electron chi connectivity index (χ1n) is 5.57. The monoisotopic (exact) mass is 319 g/mol. The average molecular weight is 320 g/mol. The molecule has 3 nitrogen and oxygen atoms in total. The summed E-state index contributed by atoms with van der Waals surface area (Å²) in [6.45, 7) is 3.77. The first kappa shape index (κ1) is 15.1. The molecule has 0 bridgehead atoms. The molecule has 19 heavy (non-hydrogen) atoms. The number of phenolic OH excluding ortho intramolecular Hbond substituents is 2. The van der Waals surface area contributed by atoms with Crippen molar-refractivity contribution >= 4 is 15.9 Å². The van der Waals surface area contributed by atoms with Crippen molar-refractivity contribution in [2.75, 3.05) is 0 Å². The second-order valence-electron chi connectivity index (χ2n) is 4.16. The average Bonchev–Trinajstić information content (AvgIpc) is 2.26. The van der Waals surface area contributed by atoms with E-state index in [0.717, 1.165) is 15.6 Å². The van der Waals surface area contributed by atoms with Crippen LogP contribution in [0.1, 0.15) is 16.7 Å². The van der Waals surface area contributed by atoms with Crippen molar-refractivity contribution in [1.29, 1.82) is 5.26 Å². The van der Waals surface area contributed by atoms with E-state index in [1.165, 1.54) is 6.07 Å². The number of rotatable bonds is 0. The SMILES string of the molecule is Cc1cc(O)cc(Br)c1.Cc1cc(O)cc(C#N)c1. The van der Waals surface area contributed by atoms with Gasteiger partial charge in [0.2, 0.25) is 0 Å². The van der Waals surface area contributed by atoms with Crippen LogP contribution in [0.2, 0.25) is 0 Å². The molecule has 0 aliphatic rings. The molecule has 0 fully saturated rings. The van der Waals surface area contributed by atoms with Gasteiger partial charge in [-0.1, -0.05) is 15.9 Å². The summed E-state index contributed by atoms with van der Waals surface area (Å²) in [6, 6.07) is 12.0. The van der Waals surface area contributed by atoms with Gasteiger partial charge in [-0.25, -0.2) is 0 Å². The second-order valence-corrected chi connectivity index (χ2v) is 5.07. The molecule has 0 heterocycles. The predicted octanol–water partition coefficient (Wildman–Crippen LogP) is 4.04. The lowest BCUT2D eigenvalue weighted by Crippen LogP contribution is -1.76. The lowest BCUT2D eigenvalue weighted by atomic mass is 10.1. The van der Waals surface area contributed by atoms with Gasteiger partial charge in [-0.05, 0) is 61.4 Å². The third kappa shape index (κ3) is 5.45. The Kier molecular flexibility index (Phi) is 5.40. The van der Waals surface area contributed by atoms with Crippen LogP contribution >= 0.6 is 15.9 Å². The maximum Gasteiger partial charge on any atom is 0.117 e. The highest BCUT2D eigenvalue weighted by Gasteiger charge is 1.93. The standard InChI is InChI=1S/C8H7NO.C7H7BrO/c1-6-2-7(5-9)4-8(10)3-6;1-5-2-6(8)4-7(9)3-5/h2-4,10H,1H3;2-4,9H,1H3. The fourth-order valence-electron chi connectivity index (χ4n) is 1.54. The Labute approximate surface area is 120 Å². The molecule has 0 aromatic heterocycles. The van der Waals surface area contributed by atoms with E-state index in [4.69, 9.17) is 15.5 Å². The van der Waals surface area contributed by atoms with Crippen molar-refractivity contribution in [3.05, 3.63) is 57.6 Å². The van der Waals surface area contributed by atoms with Gasteiger partial charge in [-0.15, -0.1) is 0 Å². The number of nitrogens with zero attached hydrogens (tertiary/aromatic N) is 1. The molecule has 2 rings (SSSR count). The van der Waals surface area contributed by atoms with Crippen LogP contribution in [0.25, 0.3) is 0 Å². The highest BCUT2D eigenvalue weighted by atomic mass is 79.9. The van der Waals surface area contributed by atoms with Crippen LogP contribution in [0.4, 0.5) is 0 Å². The summed E-state index contributed by atoms with van der Waals surface area (Å²) < 4.78 is 0.917.